The maximum absolute atomic E-state index is 5.01. The fourth-order valence-corrected chi connectivity index (χ4v) is 6.93. The minimum absolute atomic E-state index is 0.678. The van der Waals surface area contributed by atoms with E-state index in [1.54, 1.807) is 6.20 Å². The van der Waals surface area contributed by atoms with Gasteiger partial charge in [-0.25, -0.2) is 24.5 Å². The van der Waals surface area contributed by atoms with Crippen LogP contribution in [0.25, 0.3) is 50.5 Å². The van der Waals surface area contributed by atoms with Gasteiger partial charge in [0.25, 0.3) is 0 Å². The molecule has 0 unspecified atom stereocenters. The number of pyridine rings is 2. The first kappa shape index (κ1) is 25.3. The molecule has 3 aliphatic rings. The number of hydrogen-bond acceptors (Lipinski definition) is 6. The van der Waals surface area contributed by atoms with Gasteiger partial charge in [-0.2, -0.15) is 5.10 Å². The van der Waals surface area contributed by atoms with Gasteiger partial charge in [-0.3, -0.25) is 4.90 Å². The van der Waals surface area contributed by atoms with Gasteiger partial charge < -0.3 is 4.57 Å². The monoisotopic (exact) mass is 554 g/mol. The number of piperidine rings is 2. The molecule has 9 rings (SSSR count). The van der Waals surface area contributed by atoms with Crippen LogP contribution in [0.5, 0.6) is 0 Å². The average molecular weight is 555 g/mol. The summed E-state index contributed by atoms with van der Waals surface area (Å²) >= 11 is 0. The topological polar surface area (TPSA) is 77.0 Å². The zero-order chi connectivity index (χ0) is 28.2. The third-order valence-corrected chi connectivity index (χ3v) is 9.29. The number of aryl methyl sites for hydroxylation is 2. The highest BCUT2D eigenvalue weighted by Crippen LogP contribution is 2.36. The molecule has 210 valence electrons. The van der Waals surface area contributed by atoms with Crippen molar-refractivity contribution >= 4 is 16.7 Å². The second-order valence-electron chi connectivity index (χ2n) is 11.9. The summed E-state index contributed by atoms with van der Waals surface area (Å²) in [5.41, 5.74) is 9.71. The zero-order valence-electron chi connectivity index (χ0n) is 24.1. The fourth-order valence-electron chi connectivity index (χ4n) is 6.93. The molecule has 2 bridgehead atoms. The molecule has 5 aromatic heterocycles. The lowest BCUT2D eigenvalue weighted by atomic mass is 9.80. The summed E-state index contributed by atoms with van der Waals surface area (Å²) in [5.74, 6) is 0.907. The van der Waals surface area contributed by atoms with Crippen LogP contribution in [0, 0.1) is 12.8 Å². The van der Waals surface area contributed by atoms with E-state index >= 15 is 0 Å². The molecule has 1 saturated carbocycles. The maximum atomic E-state index is 5.01. The number of nitrogens with zero attached hydrogens (tertiary/aromatic N) is 8. The minimum atomic E-state index is 0.678. The van der Waals surface area contributed by atoms with Gasteiger partial charge in [0.05, 0.1) is 29.6 Å². The van der Waals surface area contributed by atoms with Crippen LogP contribution in [0.2, 0.25) is 0 Å². The summed E-state index contributed by atoms with van der Waals surface area (Å²) in [6, 6.07) is 18.1. The van der Waals surface area contributed by atoms with Crippen molar-refractivity contribution < 1.29 is 0 Å². The molecule has 0 radical (unpaired) electrons. The molecule has 6 aromatic rings. The Morgan fingerprint density at radius 1 is 0.881 bits per heavy atom. The summed E-state index contributed by atoms with van der Waals surface area (Å²) in [6.07, 6.45) is 13.1. The van der Waals surface area contributed by atoms with Gasteiger partial charge in [-0.05, 0) is 80.8 Å². The first-order valence-electron chi connectivity index (χ1n) is 15.1. The van der Waals surface area contributed by atoms with Gasteiger partial charge in [0.1, 0.15) is 5.69 Å². The van der Waals surface area contributed by atoms with Gasteiger partial charge in [-0.15, -0.1) is 0 Å². The molecular formula is C34H34N8. The Bertz CT molecular complexity index is 1910. The third-order valence-electron chi connectivity index (χ3n) is 9.29. The number of fused-ring (bicyclic) bond motifs is 5. The minimum Gasteiger partial charge on any atom is -0.337 e. The Morgan fingerprint density at radius 2 is 1.74 bits per heavy atom. The van der Waals surface area contributed by atoms with Crippen molar-refractivity contribution in [1.82, 2.24) is 39.0 Å². The molecule has 0 N–H and O–H groups in total. The Morgan fingerprint density at radius 3 is 2.50 bits per heavy atom. The zero-order valence-corrected chi connectivity index (χ0v) is 24.1. The lowest BCUT2D eigenvalue weighted by Gasteiger charge is -2.45. The number of rotatable bonds is 6. The van der Waals surface area contributed by atoms with E-state index in [1.165, 1.54) is 43.4 Å². The van der Waals surface area contributed by atoms with Crippen LogP contribution in [-0.2, 0) is 13.1 Å². The maximum Gasteiger partial charge on any atom is 0.160 e. The number of benzene rings is 1. The van der Waals surface area contributed by atoms with Crippen molar-refractivity contribution in [1.29, 1.82) is 0 Å². The normalized spacial score (nSPS) is 18.8. The largest absolute Gasteiger partial charge is 0.337 e. The van der Waals surface area contributed by atoms with Crippen LogP contribution in [0.15, 0.2) is 73.4 Å². The standard InChI is InChI=1S/C34H34N8/c1-3-40-20-31(37-21-40)30-13-12-28-27(14-15-35-34(28)38-30)32-17-36-33-16-29(22(2)39-42(32)33)25-8-4-23(5-9-25)18-41-19-24-6-10-26(41)11-7-24/h4-5,8-9,12-17,20-21,24,26H,3,6-7,10-11,18-19H2,1-2H3. The second-order valence-corrected chi connectivity index (χ2v) is 11.9. The van der Waals surface area contributed by atoms with E-state index in [0.717, 1.165) is 70.0 Å². The van der Waals surface area contributed by atoms with Crippen LogP contribution < -0.4 is 0 Å². The van der Waals surface area contributed by atoms with Crippen molar-refractivity contribution in [3.05, 3.63) is 84.7 Å². The summed E-state index contributed by atoms with van der Waals surface area (Å²) in [7, 11) is 0. The molecule has 2 aliphatic heterocycles. The Hall–Kier alpha value is -4.43. The lowest BCUT2D eigenvalue weighted by molar-refractivity contribution is 0.0426. The lowest BCUT2D eigenvalue weighted by Crippen LogP contribution is -2.47. The molecule has 8 heteroatoms. The second kappa shape index (κ2) is 10.1. The molecule has 42 heavy (non-hydrogen) atoms. The molecule has 1 aliphatic carbocycles. The molecular weight excluding hydrogens is 520 g/mol. The van der Waals surface area contributed by atoms with Crippen molar-refractivity contribution in [3.63, 3.8) is 0 Å². The van der Waals surface area contributed by atoms with Crippen molar-refractivity contribution in [2.45, 2.75) is 58.7 Å². The first-order chi connectivity index (χ1) is 20.6. The predicted octanol–water partition coefficient (Wildman–Crippen LogP) is 6.57. The van der Waals surface area contributed by atoms with E-state index in [2.05, 4.69) is 65.1 Å². The summed E-state index contributed by atoms with van der Waals surface area (Å²) in [6.45, 7) is 7.36. The fraction of sp³-hybridized carbons (Fsp3) is 0.324. The van der Waals surface area contributed by atoms with E-state index in [1.807, 2.05) is 39.9 Å². The molecule has 8 nitrogen and oxygen atoms in total. The molecule has 0 spiro atoms. The average Bonchev–Trinajstić information content (AvgIpc) is 3.68. The smallest absolute Gasteiger partial charge is 0.160 e. The number of imidazole rings is 2. The van der Waals surface area contributed by atoms with Gasteiger partial charge in [-0.1, -0.05) is 24.3 Å². The van der Waals surface area contributed by atoms with Gasteiger partial charge in [0.15, 0.2) is 11.3 Å². The highest BCUT2D eigenvalue weighted by atomic mass is 15.3. The SMILES string of the molecule is CCn1cnc(-c2ccc3c(-c4cnc5cc(-c6ccc(CN7CC8CCC7CC8)cc6)c(C)nn45)ccnc3n2)c1. The molecule has 7 heterocycles. The molecule has 2 saturated heterocycles. The van der Waals surface area contributed by atoms with Crippen molar-refractivity contribution in [2.24, 2.45) is 5.92 Å². The predicted molar refractivity (Wildman–Crippen MR) is 165 cm³/mol. The van der Waals surface area contributed by atoms with Gasteiger partial charge >= 0.3 is 0 Å². The van der Waals surface area contributed by atoms with Crippen LogP contribution >= 0.6 is 0 Å². The number of aromatic nitrogens is 7. The van der Waals surface area contributed by atoms with Crippen molar-refractivity contribution in [2.75, 3.05) is 6.54 Å². The highest BCUT2D eigenvalue weighted by Gasteiger charge is 2.33. The summed E-state index contributed by atoms with van der Waals surface area (Å²) < 4.78 is 3.98. The Labute approximate surface area is 245 Å². The molecule has 0 amide bonds. The van der Waals surface area contributed by atoms with Crippen LogP contribution in [0.1, 0.15) is 43.9 Å². The summed E-state index contributed by atoms with van der Waals surface area (Å²) in [5, 5.41) is 5.96. The highest BCUT2D eigenvalue weighted by molar-refractivity contribution is 5.93. The Kier molecular flexibility index (Phi) is 6.10. The van der Waals surface area contributed by atoms with Gasteiger partial charge in [0.2, 0.25) is 0 Å². The van der Waals surface area contributed by atoms with E-state index in [4.69, 9.17) is 15.1 Å². The summed E-state index contributed by atoms with van der Waals surface area (Å²) in [4.78, 5) is 21.4. The first-order valence-corrected chi connectivity index (χ1v) is 15.1. The van der Waals surface area contributed by atoms with Crippen LogP contribution in [0.3, 0.4) is 0 Å². The third kappa shape index (κ3) is 4.38. The van der Waals surface area contributed by atoms with E-state index < -0.39 is 0 Å². The molecule has 1 aromatic carbocycles. The van der Waals surface area contributed by atoms with E-state index in [9.17, 15) is 0 Å². The van der Waals surface area contributed by atoms with Crippen LogP contribution in [-0.4, -0.2) is 51.6 Å². The molecule has 3 fully saturated rings. The van der Waals surface area contributed by atoms with Crippen molar-refractivity contribution in [3.8, 4) is 33.8 Å². The van der Waals surface area contributed by atoms with E-state index in [0.29, 0.717) is 5.65 Å². The van der Waals surface area contributed by atoms with E-state index in [-0.39, 0.29) is 0 Å². The quantitative estimate of drug-likeness (QED) is 0.232. The van der Waals surface area contributed by atoms with Crippen LogP contribution in [0.4, 0.5) is 0 Å². The molecule has 0 atom stereocenters. The number of hydrogen-bond donors (Lipinski definition) is 0. The van der Waals surface area contributed by atoms with Gasteiger partial charge in [0, 0.05) is 54.6 Å². The Balaban J connectivity index is 1.09.